The molecule has 0 aliphatic carbocycles. The highest BCUT2D eigenvalue weighted by atomic mass is 32.2. The Bertz CT molecular complexity index is 595. The quantitative estimate of drug-likeness (QED) is 0.848. The van der Waals surface area contributed by atoms with E-state index in [-0.39, 0.29) is 31.9 Å². The first-order valence-electron chi connectivity index (χ1n) is 6.39. The normalized spacial score (nSPS) is 23.6. The van der Waals surface area contributed by atoms with Crippen LogP contribution in [0.4, 0.5) is 4.39 Å². The summed E-state index contributed by atoms with van der Waals surface area (Å²) in [5.41, 5.74) is 0.317. The molecule has 0 spiro atoms. The summed E-state index contributed by atoms with van der Waals surface area (Å²) in [4.78, 5) is -0.411. The van der Waals surface area contributed by atoms with E-state index >= 15 is 0 Å². The average molecular weight is 319 g/mol. The monoisotopic (exact) mass is 319 g/mol. The van der Waals surface area contributed by atoms with E-state index in [9.17, 15) is 12.8 Å². The van der Waals surface area contributed by atoms with Gasteiger partial charge in [0.15, 0.2) is 0 Å². The van der Waals surface area contributed by atoms with E-state index in [0.717, 1.165) is 16.4 Å². The number of rotatable bonds is 5. The van der Waals surface area contributed by atoms with E-state index in [1.807, 2.05) is 0 Å². The number of methoxy groups -OCH3 is 2. The second-order valence-electron chi connectivity index (χ2n) is 4.79. The third kappa shape index (κ3) is 3.09. The lowest BCUT2D eigenvalue weighted by Crippen LogP contribution is -2.30. The van der Waals surface area contributed by atoms with Gasteiger partial charge in [0.25, 0.3) is 0 Å². The summed E-state index contributed by atoms with van der Waals surface area (Å²) in [6.45, 7) is -0.129. The van der Waals surface area contributed by atoms with Crippen LogP contribution in [0.3, 0.4) is 0 Å². The SMILES string of the molecule is COC1CN(S(=O)(=O)c2ccc(CO)cc2F)CC1OC. The van der Waals surface area contributed by atoms with Crippen molar-refractivity contribution in [2.24, 2.45) is 0 Å². The van der Waals surface area contributed by atoms with Gasteiger partial charge in [-0.3, -0.25) is 0 Å². The zero-order chi connectivity index (χ0) is 15.6. The minimum atomic E-state index is -3.96. The third-order valence-corrected chi connectivity index (χ3v) is 5.45. The van der Waals surface area contributed by atoms with Crippen molar-refractivity contribution in [1.29, 1.82) is 0 Å². The molecular formula is C13H18FNO5S. The Morgan fingerprint density at radius 1 is 1.29 bits per heavy atom. The van der Waals surface area contributed by atoms with Crippen molar-refractivity contribution >= 4 is 10.0 Å². The molecule has 0 bridgehead atoms. The topological polar surface area (TPSA) is 76.1 Å². The smallest absolute Gasteiger partial charge is 0.246 e. The second kappa shape index (κ2) is 6.37. The third-order valence-electron chi connectivity index (χ3n) is 3.58. The van der Waals surface area contributed by atoms with Crippen molar-refractivity contribution in [1.82, 2.24) is 4.31 Å². The number of hydrogen-bond acceptors (Lipinski definition) is 5. The first-order valence-corrected chi connectivity index (χ1v) is 7.83. The molecule has 6 nitrogen and oxygen atoms in total. The van der Waals surface area contributed by atoms with Gasteiger partial charge in [0.05, 0.1) is 18.8 Å². The minimum Gasteiger partial charge on any atom is -0.392 e. The highest BCUT2D eigenvalue weighted by molar-refractivity contribution is 7.89. The molecule has 1 aliphatic heterocycles. The molecule has 8 heteroatoms. The molecule has 0 radical (unpaired) electrons. The highest BCUT2D eigenvalue weighted by Gasteiger charge is 2.40. The molecule has 1 heterocycles. The van der Waals surface area contributed by atoms with Gasteiger partial charge in [0.2, 0.25) is 10.0 Å². The lowest BCUT2D eigenvalue weighted by molar-refractivity contribution is -0.00461. The maximum Gasteiger partial charge on any atom is 0.246 e. The predicted molar refractivity (Wildman–Crippen MR) is 72.7 cm³/mol. The first-order chi connectivity index (χ1) is 9.93. The maximum atomic E-state index is 14.0. The summed E-state index contributed by atoms with van der Waals surface area (Å²) in [6, 6.07) is 3.57. The molecule has 0 saturated carbocycles. The fraction of sp³-hybridized carbons (Fsp3) is 0.538. The Balaban J connectivity index is 2.31. The molecule has 118 valence electrons. The van der Waals surface area contributed by atoms with Crippen molar-refractivity contribution in [3.63, 3.8) is 0 Å². The van der Waals surface area contributed by atoms with E-state index < -0.39 is 20.7 Å². The number of hydrogen-bond donors (Lipinski definition) is 1. The Labute approximate surface area is 123 Å². The minimum absolute atomic E-state index is 0.110. The molecule has 1 aromatic carbocycles. The van der Waals surface area contributed by atoms with Crippen molar-refractivity contribution < 1.29 is 27.4 Å². The van der Waals surface area contributed by atoms with Crippen LogP contribution in [0, 0.1) is 5.82 Å². The van der Waals surface area contributed by atoms with Gasteiger partial charge in [-0.15, -0.1) is 0 Å². The van der Waals surface area contributed by atoms with E-state index in [4.69, 9.17) is 14.6 Å². The summed E-state index contributed by atoms with van der Waals surface area (Å²) in [6.07, 6.45) is -0.769. The van der Waals surface area contributed by atoms with Gasteiger partial charge in [-0.2, -0.15) is 4.31 Å². The molecule has 21 heavy (non-hydrogen) atoms. The van der Waals surface area contributed by atoms with Gasteiger partial charge >= 0.3 is 0 Å². The van der Waals surface area contributed by atoms with Gasteiger partial charge < -0.3 is 14.6 Å². The van der Waals surface area contributed by atoms with Gasteiger partial charge in [-0.1, -0.05) is 6.07 Å². The van der Waals surface area contributed by atoms with Gasteiger partial charge in [0.1, 0.15) is 10.7 Å². The van der Waals surface area contributed by atoms with Crippen molar-refractivity contribution in [2.45, 2.75) is 23.7 Å². The zero-order valence-electron chi connectivity index (χ0n) is 11.8. The molecule has 0 aromatic heterocycles. The van der Waals surface area contributed by atoms with Gasteiger partial charge in [-0.05, 0) is 17.7 Å². The lowest BCUT2D eigenvalue weighted by atomic mass is 10.2. The Morgan fingerprint density at radius 3 is 2.29 bits per heavy atom. The molecule has 1 aliphatic rings. The maximum absolute atomic E-state index is 14.0. The number of aliphatic hydroxyl groups is 1. The number of nitrogens with zero attached hydrogens (tertiary/aromatic N) is 1. The molecular weight excluding hydrogens is 301 g/mol. The van der Waals surface area contributed by atoms with Crippen LogP contribution in [-0.2, 0) is 26.1 Å². The standard InChI is InChI=1S/C13H18FNO5S/c1-19-11-6-15(7-12(11)20-2)21(17,18)13-4-3-9(8-16)5-10(13)14/h3-5,11-12,16H,6-8H2,1-2H3. The number of benzene rings is 1. The number of halogens is 1. The number of sulfonamides is 1. The summed E-state index contributed by atoms with van der Waals surface area (Å²) in [5.74, 6) is -0.878. The number of aliphatic hydroxyl groups excluding tert-OH is 1. The zero-order valence-corrected chi connectivity index (χ0v) is 12.6. The van der Waals surface area contributed by atoms with Gasteiger partial charge in [0, 0.05) is 27.3 Å². The van der Waals surface area contributed by atoms with Crippen molar-refractivity contribution in [2.75, 3.05) is 27.3 Å². The van der Waals surface area contributed by atoms with Crippen LogP contribution in [0.2, 0.25) is 0 Å². The summed E-state index contributed by atoms with van der Waals surface area (Å²) in [7, 11) is -1.01. The molecule has 1 N–H and O–H groups in total. The van der Waals surface area contributed by atoms with E-state index in [1.165, 1.54) is 20.3 Å². The van der Waals surface area contributed by atoms with Crippen molar-refractivity contribution in [3.8, 4) is 0 Å². The molecule has 2 atom stereocenters. The second-order valence-corrected chi connectivity index (χ2v) is 6.70. The summed E-state index contributed by atoms with van der Waals surface area (Å²) < 4.78 is 50.5. The lowest BCUT2D eigenvalue weighted by Gasteiger charge is -2.16. The highest BCUT2D eigenvalue weighted by Crippen LogP contribution is 2.26. The summed E-state index contributed by atoms with van der Waals surface area (Å²) in [5, 5.41) is 8.94. The average Bonchev–Trinajstić information content (AvgIpc) is 2.90. The fourth-order valence-corrected chi connectivity index (χ4v) is 3.86. The van der Waals surface area contributed by atoms with Crippen LogP contribution in [0.15, 0.2) is 23.1 Å². The van der Waals surface area contributed by atoms with Crippen LogP contribution >= 0.6 is 0 Å². The van der Waals surface area contributed by atoms with Crippen LogP contribution in [0.1, 0.15) is 5.56 Å². The molecule has 1 saturated heterocycles. The van der Waals surface area contributed by atoms with E-state index in [1.54, 1.807) is 0 Å². The van der Waals surface area contributed by atoms with Gasteiger partial charge in [-0.25, -0.2) is 12.8 Å². The van der Waals surface area contributed by atoms with E-state index in [2.05, 4.69) is 0 Å². The Morgan fingerprint density at radius 2 is 1.86 bits per heavy atom. The van der Waals surface area contributed by atoms with Crippen LogP contribution in [0.5, 0.6) is 0 Å². The Hall–Kier alpha value is -1.06. The molecule has 1 aromatic rings. The summed E-state index contributed by atoms with van der Waals surface area (Å²) >= 11 is 0. The molecule has 2 unspecified atom stereocenters. The van der Waals surface area contributed by atoms with E-state index in [0.29, 0.717) is 5.56 Å². The van der Waals surface area contributed by atoms with Crippen LogP contribution < -0.4 is 0 Å². The molecule has 1 fully saturated rings. The Kier molecular flexibility index (Phi) is 4.95. The fourth-order valence-electron chi connectivity index (χ4n) is 2.35. The van der Waals surface area contributed by atoms with Crippen LogP contribution in [-0.4, -0.2) is 57.3 Å². The first kappa shape index (κ1) is 16.3. The predicted octanol–water partition coefficient (Wildman–Crippen LogP) is 0.352. The van der Waals surface area contributed by atoms with Crippen LogP contribution in [0.25, 0.3) is 0 Å². The van der Waals surface area contributed by atoms with Crippen molar-refractivity contribution in [3.05, 3.63) is 29.6 Å². The molecule has 0 amide bonds. The molecule has 2 rings (SSSR count). The largest absolute Gasteiger partial charge is 0.392 e. The number of ether oxygens (including phenoxy) is 2.